The van der Waals surface area contributed by atoms with Crippen LogP contribution in [-0.4, -0.2) is 17.1 Å². The summed E-state index contributed by atoms with van der Waals surface area (Å²) in [6.45, 7) is 3.45. The number of para-hydroxylation sites is 2. The molecule has 5 rings (SSSR count). The zero-order valence-electron chi connectivity index (χ0n) is 17.3. The Bertz CT molecular complexity index is 1290. The molecule has 2 heterocycles. The van der Waals surface area contributed by atoms with Crippen molar-refractivity contribution in [2.24, 2.45) is 0 Å². The van der Waals surface area contributed by atoms with E-state index in [1.54, 1.807) is 0 Å². The van der Waals surface area contributed by atoms with E-state index in [-0.39, 0.29) is 19.1 Å². The molecule has 0 unspecified atom stereocenters. The van der Waals surface area contributed by atoms with Gasteiger partial charge in [0.1, 0.15) is 0 Å². The number of rotatable bonds is 6. The molecular formula is C26H23N2O3+. The van der Waals surface area contributed by atoms with E-state index in [1.807, 2.05) is 66.7 Å². The van der Waals surface area contributed by atoms with E-state index in [2.05, 4.69) is 34.3 Å². The number of hydrogen-bond donors (Lipinski definition) is 0. The van der Waals surface area contributed by atoms with Crippen molar-refractivity contribution in [1.82, 2.24) is 4.57 Å². The molecule has 1 aliphatic heterocycles. The van der Waals surface area contributed by atoms with Gasteiger partial charge in [-0.05, 0) is 42.8 Å². The van der Waals surface area contributed by atoms with Crippen molar-refractivity contribution in [3.8, 4) is 11.5 Å². The van der Waals surface area contributed by atoms with Gasteiger partial charge < -0.3 is 9.47 Å². The minimum Gasteiger partial charge on any atom is -0.454 e. The van der Waals surface area contributed by atoms with Gasteiger partial charge in [-0.15, -0.1) is 0 Å². The zero-order chi connectivity index (χ0) is 21.2. The number of ether oxygens (including phenoxy) is 2. The Morgan fingerprint density at radius 2 is 1.74 bits per heavy atom. The number of aryl methyl sites for hydroxylation is 1. The standard InChI is InChI=1S/C26H23N2O3/c1-2-27-21-10-6-7-11-22(21)28(17-23(29)20-8-4-3-5-9-20)26(27)15-13-19-12-14-24-25(16-19)31-18-30-24/h3-16H,2,17-18H2,1H3/q+1. The minimum atomic E-state index is 0.0855. The fourth-order valence-corrected chi connectivity index (χ4v) is 4.04. The molecule has 0 N–H and O–H groups in total. The number of hydrogen-bond acceptors (Lipinski definition) is 3. The maximum Gasteiger partial charge on any atom is 0.282 e. The predicted molar refractivity (Wildman–Crippen MR) is 120 cm³/mol. The molecule has 5 nitrogen and oxygen atoms in total. The number of ketones is 1. The smallest absolute Gasteiger partial charge is 0.282 e. The van der Waals surface area contributed by atoms with Crippen molar-refractivity contribution in [2.45, 2.75) is 20.0 Å². The Morgan fingerprint density at radius 3 is 2.58 bits per heavy atom. The van der Waals surface area contributed by atoms with Gasteiger partial charge in [0.05, 0.1) is 6.54 Å². The summed E-state index contributed by atoms with van der Waals surface area (Å²) in [6.07, 6.45) is 4.12. The summed E-state index contributed by atoms with van der Waals surface area (Å²) in [5, 5.41) is 0. The lowest BCUT2D eigenvalue weighted by molar-refractivity contribution is -0.659. The molecule has 1 aliphatic rings. The molecule has 0 bridgehead atoms. The highest BCUT2D eigenvalue weighted by Crippen LogP contribution is 2.33. The first-order valence-electron chi connectivity index (χ1n) is 10.4. The maximum atomic E-state index is 13.0. The van der Waals surface area contributed by atoms with Crippen LogP contribution in [0.1, 0.15) is 28.7 Å². The second-order valence-corrected chi connectivity index (χ2v) is 7.41. The number of aromatic nitrogens is 2. The molecule has 0 saturated carbocycles. The third-order valence-electron chi connectivity index (χ3n) is 5.55. The molecule has 5 heteroatoms. The van der Waals surface area contributed by atoms with Gasteiger partial charge in [-0.3, -0.25) is 4.79 Å². The highest BCUT2D eigenvalue weighted by Gasteiger charge is 2.24. The van der Waals surface area contributed by atoms with Gasteiger partial charge >= 0.3 is 0 Å². The fraction of sp³-hybridized carbons (Fsp3) is 0.154. The second-order valence-electron chi connectivity index (χ2n) is 7.41. The molecule has 0 radical (unpaired) electrons. The third kappa shape index (κ3) is 3.59. The van der Waals surface area contributed by atoms with Gasteiger partial charge in [0.15, 0.2) is 29.1 Å². The van der Waals surface area contributed by atoms with Gasteiger partial charge in [0.2, 0.25) is 12.6 Å². The molecule has 3 aromatic carbocycles. The number of imidazole rings is 1. The topological polar surface area (TPSA) is 44.3 Å². The first-order chi connectivity index (χ1) is 15.2. The van der Waals surface area contributed by atoms with E-state index in [9.17, 15) is 4.79 Å². The van der Waals surface area contributed by atoms with Crippen molar-refractivity contribution >= 4 is 29.0 Å². The molecule has 0 fully saturated rings. The number of benzene rings is 3. The number of carbonyl (C=O) groups is 1. The normalized spacial score (nSPS) is 12.7. The van der Waals surface area contributed by atoms with Crippen molar-refractivity contribution in [3.63, 3.8) is 0 Å². The number of carbonyl (C=O) groups excluding carboxylic acids is 1. The fourth-order valence-electron chi connectivity index (χ4n) is 4.04. The summed E-state index contributed by atoms with van der Waals surface area (Å²) in [5.74, 6) is 2.58. The van der Waals surface area contributed by atoms with Crippen molar-refractivity contribution in [3.05, 3.63) is 89.7 Å². The molecule has 0 saturated heterocycles. The summed E-state index contributed by atoms with van der Waals surface area (Å²) in [6, 6.07) is 23.5. The first kappa shape index (κ1) is 19.1. The first-order valence-corrected chi connectivity index (χ1v) is 10.4. The molecule has 0 amide bonds. The van der Waals surface area contributed by atoms with Crippen LogP contribution in [0.15, 0.2) is 72.8 Å². The number of Topliss-reactive ketones (excluding diaryl/α,β-unsaturated/α-hetero) is 1. The Morgan fingerprint density at radius 1 is 0.968 bits per heavy atom. The minimum absolute atomic E-state index is 0.0855. The highest BCUT2D eigenvalue weighted by molar-refractivity contribution is 5.95. The van der Waals surface area contributed by atoms with Crippen LogP contribution in [0.3, 0.4) is 0 Å². The third-order valence-corrected chi connectivity index (χ3v) is 5.55. The monoisotopic (exact) mass is 411 g/mol. The lowest BCUT2D eigenvalue weighted by Gasteiger charge is -2.02. The van der Waals surface area contributed by atoms with Gasteiger partial charge in [-0.1, -0.05) is 48.5 Å². The highest BCUT2D eigenvalue weighted by atomic mass is 16.7. The lowest BCUT2D eigenvalue weighted by atomic mass is 10.1. The Hall–Kier alpha value is -3.86. The number of nitrogens with zero attached hydrogens (tertiary/aromatic N) is 2. The van der Waals surface area contributed by atoms with Crippen LogP contribution < -0.4 is 14.0 Å². The zero-order valence-corrected chi connectivity index (χ0v) is 17.3. The maximum absolute atomic E-state index is 13.0. The Kier molecular flexibility index (Phi) is 5.00. The van der Waals surface area contributed by atoms with Crippen molar-refractivity contribution in [2.75, 3.05) is 6.79 Å². The quantitative estimate of drug-likeness (QED) is 0.340. The molecule has 4 aromatic rings. The SMILES string of the molecule is CCn1c(C=Cc2ccc3c(c2)OCO3)[n+](CC(=O)c2ccccc2)c2ccccc21. The van der Waals surface area contributed by atoms with E-state index < -0.39 is 0 Å². The van der Waals surface area contributed by atoms with E-state index in [4.69, 9.17) is 9.47 Å². The summed E-state index contributed by atoms with van der Waals surface area (Å²) in [4.78, 5) is 13.0. The summed E-state index contributed by atoms with van der Waals surface area (Å²) < 4.78 is 15.2. The van der Waals surface area contributed by atoms with Crippen LogP contribution in [0.5, 0.6) is 11.5 Å². The average molecular weight is 411 g/mol. The van der Waals surface area contributed by atoms with Crippen LogP contribution >= 0.6 is 0 Å². The Labute approximate surface area is 180 Å². The van der Waals surface area contributed by atoms with E-state index >= 15 is 0 Å². The van der Waals surface area contributed by atoms with Gasteiger partial charge in [-0.25, -0.2) is 9.13 Å². The summed E-state index contributed by atoms with van der Waals surface area (Å²) in [7, 11) is 0. The van der Waals surface area contributed by atoms with Crippen molar-refractivity contribution in [1.29, 1.82) is 0 Å². The van der Waals surface area contributed by atoms with E-state index in [0.717, 1.165) is 40.5 Å². The molecule has 31 heavy (non-hydrogen) atoms. The van der Waals surface area contributed by atoms with E-state index in [0.29, 0.717) is 5.56 Å². The largest absolute Gasteiger partial charge is 0.454 e. The molecule has 0 atom stereocenters. The average Bonchev–Trinajstić information content (AvgIpc) is 3.40. The van der Waals surface area contributed by atoms with Crippen LogP contribution in [0.2, 0.25) is 0 Å². The molecule has 154 valence electrons. The van der Waals surface area contributed by atoms with E-state index in [1.165, 1.54) is 0 Å². The Balaban J connectivity index is 1.57. The van der Waals surface area contributed by atoms with Crippen molar-refractivity contribution < 1.29 is 18.8 Å². The predicted octanol–water partition coefficient (Wildman–Crippen LogP) is 4.73. The van der Waals surface area contributed by atoms with Gasteiger partial charge in [0.25, 0.3) is 5.82 Å². The second kappa shape index (κ2) is 8.11. The van der Waals surface area contributed by atoms with Crippen LogP contribution in [0.25, 0.3) is 23.2 Å². The molecule has 0 aliphatic carbocycles. The summed E-state index contributed by atoms with van der Waals surface area (Å²) >= 11 is 0. The molecular weight excluding hydrogens is 388 g/mol. The molecule has 0 spiro atoms. The van der Waals surface area contributed by atoms with Crippen LogP contribution in [0, 0.1) is 0 Å². The molecule has 1 aromatic heterocycles. The number of fused-ring (bicyclic) bond motifs is 2. The van der Waals surface area contributed by atoms with Gasteiger partial charge in [0, 0.05) is 11.6 Å². The van der Waals surface area contributed by atoms with Crippen LogP contribution in [-0.2, 0) is 13.1 Å². The van der Waals surface area contributed by atoms with Gasteiger partial charge in [-0.2, -0.15) is 0 Å². The summed E-state index contributed by atoms with van der Waals surface area (Å²) in [5.41, 5.74) is 3.88. The lowest BCUT2D eigenvalue weighted by Crippen LogP contribution is -2.40. The van der Waals surface area contributed by atoms with Crippen LogP contribution in [0.4, 0.5) is 0 Å².